The molecular weight excluding hydrogens is 202 g/mol. The Morgan fingerprint density at radius 3 is 2.75 bits per heavy atom. The minimum Gasteiger partial charge on any atom is -0.351 e. The second-order valence-corrected chi connectivity index (χ2v) is 3.76. The van der Waals surface area contributed by atoms with Gasteiger partial charge in [0.15, 0.2) is 0 Å². The van der Waals surface area contributed by atoms with Gasteiger partial charge in [-0.25, -0.2) is 4.98 Å². The van der Waals surface area contributed by atoms with Crippen molar-refractivity contribution in [3.8, 4) is 0 Å². The number of carbonyl (C=O) groups is 1. The molecule has 4 heteroatoms. The number of carbonyl (C=O) groups excluding carboxylic acids is 1. The van der Waals surface area contributed by atoms with Crippen LogP contribution in [0, 0.1) is 0 Å². The molecule has 0 saturated carbocycles. The first-order valence-electron chi connectivity index (χ1n) is 5.88. The van der Waals surface area contributed by atoms with Crippen LogP contribution in [0.25, 0.3) is 0 Å². The third kappa shape index (κ3) is 4.87. The summed E-state index contributed by atoms with van der Waals surface area (Å²) in [7, 11) is 0. The summed E-state index contributed by atoms with van der Waals surface area (Å²) >= 11 is 0. The molecule has 0 bridgehead atoms. The zero-order chi connectivity index (χ0) is 11.6. The van der Waals surface area contributed by atoms with Gasteiger partial charge in [-0.05, 0) is 6.42 Å². The zero-order valence-electron chi connectivity index (χ0n) is 9.78. The molecular formula is C12H19N3O. The summed E-state index contributed by atoms with van der Waals surface area (Å²) in [5, 5.41) is 2.83. The second-order valence-electron chi connectivity index (χ2n) is 3.76. The van der Waals surface area contributed by atoms with E-state index in [9.17, 15) is 4.79 Å². The first kappa shape index (κ1) is 12.6. The molecule has 0 aliphatic carbocycles. The largest absolute Gasteiger partial charge is 0.351 e. The van der Waals surface area contributed by atoms with Gasteiger partial charge in [-0.2, -0.15) is 0 Å². The summed E-state index contributed by atoms with van der Waals surface area (Å²) in [6, 6.07) is 0. The van der Waals surface area contributed by atoms with Crippen LogP contribution in [0.15, 0.2) is 18.6 Å². The lowest BCUT2D eigenvalue weighted by atomic mass is 10.1. The fourth-order valence-corrected chi connectivity index (χ4v) is 1.44. The van der Waals surface area contributed by atoms with Crippen molar-refractivity contribution >= 4 is 5.91 Å². The first-order chi connectivity index (χ1) is 7.84. The molecule has 0 fully saturated rings. The van der Waals surface area contributed by atoms with E-state index >= 15 is 0 Å². The summed E-state index contributed by atoms with van der Waals surface area (Å²) in [5.74, 6) is -0.136. The molecule has 4 nitrogen and oxygen atoms in total. The van der Waals surface area contributed by atoms with E-state index < -0.39 is 0 Å². The van der Waals surface area contributed by atoms with Gasteiger partial charge in [0.25, 0.3) is 5.91 Å². The Morgan fingerprint density at radius 2 is 2.06 bits per heavy atom. The number of nitrogens with zero attached hydrogens (tertiary/aromatic N) is 2. The fourth-order valence-electron chi connectivity index (χ4n) is 1.44. The van der Waals surface area contributed by atoms with Crippen molar-refractivity contribution < 1.29 is 4.79 Å². The normalized spacial score (nSPS) is 10.1. The minimum atomic E-state index is -0.136. The number of hydrogen-bond acceptors (Lipinski definition) is 3. The van der Waals surface area contributed by atoms with Crippen LogP contribution < -0.4 is 5.32 Å². The lowest BCUT2D eigenvalue weighted by Crippen LogP contribution is -2.25. The molecule has 16 heavy (non-hydrogen) atoms. The van der Waals surface area contributed by atoms with Crippen LogP contribution in [0.3, 0.4) is 0 Å². The Labute approximate surface area is 96.5 Å². The smallest absolute Gasteiger partial charge is 0.271 e. The maximum atomic E-state index is 11.5. The van der Waals surface area contributed by atoms with Crippen molar-refractivity contribution in [2.75, 3.05) is 6.54 Å². The Kier molecular flexibility index (Phi) is 6.15. The van der Waals surface area contributed by atoms with E-state index in [1.807, 2.05) is 0 Å². The van der Waals surface area contributed by atoms with Crippen molar-refractivity contribution in [3.63, 3.8) is 0 Å². The lowest BCUT2D eigenvalue weighted by molar-refractivity contribution is 0.0947. The highest BCUT2D eigenvalue weighted by Gasteiger charge is 2.04. The Balaban J connectivity index is 2.12. The van der Waals surface area contributed by atoms with Gasteiger partial charge in [0.1, 0.15) is 5.69 Å². The lowest BCUT2D eigenvalue weighted by Gasteiger charge is -2.03. The highest BCUT2D eigenvalue weighted by molar-refractivity contribution is 5.91. The molecule has 0 atom stereocenters. The number of hydrogen-bond donors (Lipinski definition) is 1. The van der Waals surface area contributed by atoms with Gasteiger partial charge in [-0.1, -0.05) is 32.6 Å². The molecule has 1 aromatic heterocycles. The molecule has 0 saturated heterocycles. The molecule has 0 aliphatic rings. The van der Waals surface area contributed by atoms with E-state index in [0.29, 0.717) is 5.69 Å². The van der Waals surface area contributed by atoms with Crippen molar-refractivity contribution in [3.05, 3.63) is 24.3 Å². The minimum absolute atomic E-state index is 0.136. The van der Waals surface area contributed by atoms with Gasteiger partial charge in [0.05, 0.1) is 6.20 Å². The molecule has 1 rings (SSSR count). The number of amides is 1. The summed E-state index contributed by atoms with van der Waals surface area (Å²) in [5.41, 5.74) is 0.385. The molecule has 88 valence electrons. The van der Waals surface area contributed by atoms with Crippen LogP contribution in [0.4, 0.5) is 0 Å². The van der Waals surface area contributed by atoms with E-state index in [4.69, 9.17) is 0 Å². The van der Waals surface area contributed by atoms with Gasteiger partial charge < -0.3 is 5.32 Å². The van der Waals surface area contributed by atoms with E-state index in [0.717, 1.165) is 13.0 Å². The molecule has 0 spiro atoms. The molecule has 0 aliphatic heterocycles. The second kappa shape index (κ2) is 7.79. The molecule has 0 aromatic carbocycles. The average molecular weight is 221 g/mol. The fraction of sp³-hybridized carbons (Fsp3) is 0.583. The van der Waals surface area contributed by atoms with Crippen LogP contribution in [0.5, 0.6) is 0 Å². The van der Waals surface area contributed by atoms with Crippen molar-refractivity contribution in [2.24, 2.45) is 0 Å². The van der Waals surface area contributed by atoms with Crippen LogP contribution in [-0.4, -0.2) is 22.4 Å². The first-order valence-corrected chi connectivity index (χ1v) is 5.88. The standard InChI is InChI=1S/C12H19N3O/c1-2-3-4-5-6-7-15-12(16)11-10-13-8-9-14-11/h8-10H,2-7H2,1H3,(H,15,16). The van der Waals surface area contributed by atoms with E-state index in [1.54, 1.807) is 6.20 Å². The van der Waals surface area contributed by atoms with Gasteiger partial charge in [-0.3, -0.25) is 9.78 Å². The topological polar surface area (TPSA) is 54.9 Å². The molecule has 1 N–H and O–H groups in total. The van der Waals surface area contributed by atoms with Gasteiger partial charge in [0, 0.05) is 18.9 Å². The monoisotopic (exact) mass is 221 g/mol. The van der Waals surface area contributed by atoms with E-state index in [2.05, 4.69) is 22.2 Å². The van der Waals surface area contributed by atoms with Crippen LogP contribution >= 0.6 is 0 Å². The third-order valence-electron chi connectivity index (χ3n) is 2.36. The maximum Gasteiger partial charge on any atom is 0.271 e. The van der Waals surface area contributed by atoms with Crippen molar-refractivity contribution in [1.29, 1.82) is 0 Å². The quantitative estimate of drug-likeness (QED) is 0.718. The Morgan fingerprint density at radius 1 is 1.25 bits per heavy atom. The van der Waals surface area contributed by atoms with Gasteiger partial charge in [-0.15, -0.1) is 0 Å². The Bertz CT molecular complexity index is 300. The SMILES string of the molecule is CCCCCCCNC(=O)c1cnccn1. The molecule has 1 heterocycles. The maximum absolute atomic E-state index is 11.5. The number of nitrogens with one attached hydrogen (secondary N) is 1. The Hall–Kier alpha value is -1.45. The van der Waals surface area contributed by atoms with E-state index in [1.165, 1.54) is 38.1 Å². The zero-order valence-corrected chi connectivity index (χ0v) is 9.78. The highest BCUT2D eigenvalue weighted by atomic mass is 16.1. The molecule has 0 unspecified atom stereocenters. The third-order valence-corrected chi connectivity index (χ3v) is 2.36. The van der Waals surface area contributed by atoms with E-state index in [-0.39, 0.29) is 5.91 Å². The number of rotatable bonds is 7. The van der Waals surface area contributed by atoms with Crippen LogP contribution in [0.1, 0.15) is 49.5 Å². The molecule has 0 radical (unpaired) electrons. The molecule has 1 aromatic rings. The molecule has 1 amide bonds. The van der Waals surface area contributed by atoms with Gasteiger partial charge in [0.2, 0.25) is 0 Å². The van der Waals surface area contributed by atoms with Crippen molar-refractivity contribution in [2.45, 2.75) is 39.0 Å². The van der Waals surface area contributed by atoms with Crippen molar-refractivity contribution in [1.82, 2.24) is 15.3 Å². The number of unbranched alkanes of at least 4 members (excludes halogenated alkanes) is 4. The van der Waals surface area contributed by atoms with Crippen LogP contribution in [0.2, 0.25) is 0 Å². The average Bonchev–Trinajstić information content (AvgIpc) is 2.34. The number of aromatic nitrogens is 2. The predicted molar refractivity (Wildman–Crippen MR) is 63.1 cm³/mol. The predicted octanol–water partition coefficient (Wildman–Crippen LogP) is 2.18. The summed E-state index contributed by atoms with van der Waals surface area (Å²) in [4.78, 5) is 19.3. The summed E-state index contributed by atoms with van der Waals surface area (Å²) in [6.45, 7) is 2.91. The van der Waals surface area contributed by atoms with Gasteiger partial charge >= 0.3 is 0 Å². The summed E-state index contributed by atoms with van der Waals surface area (Å²) in [6.07, 6.45) is 10.5. The summed E-state index contributed by atoms with van der Waals surface area (Å²) < 4.78 is 0. The van der Waals surface area contributed by atoms with Crippen LogP contribution in [-0.2, 0) is 0 Å². The highest BCUT2D eigenvalue weighted by Crippen LogP contribution is 2.01.